The number of pyridine rings is 1. The number of ketones is 1. The number of hydrogen-bond donors (Lipinski definition) is 1. The maximum atomic E-state index is 13.0. The quantitative estimate of drug-likeness (QED) is 0.326. The number of nitrogens with zero attached hydrogens (tertiary/aromatic N) is 2. The van der Waals surface area contributed by atoms with Crippen molar-refractivity contribution in [3.05, 3.63) is 64.5 Å². The summed E-state index contributed by atoms with van der Waals surface area (Å²) in [6.07, 6.45) is 3.78. The van der Waals surface area contributed by atoms with Crippen LogP contribution in [0.15, 0.2) is 42.2 Å². The van der Waals surface area contributed by atoms with Crippen molar-refractivity contribution < 1.29 is 24.2 Å². The third-order valence-corrected chi connectivity index (χ3v) is 5.17. The second-order valence-corrected chi connectivity index (χ2v) is 7.29. The molecule has 30 heavy (non-hydrogen) atoms. The van der Waals surface area contributed by atoms with Crippen LogP contribution < -0.4 is 4.74 Å². The molecule has 2 heterocycles. The van der Waals surface area contributed by atoms with Gasteiger partial charge in [0.1, 0.15) is 11.5 Å². The molecule has 0 saturated carbocycles. The molecule has 3 rings (SSSR count). The van der Waals surface area contributed by atoms with Crippen LogP contribution in [-0.4, -0.2) is 54.1 Å². The van der Waals surface area contributed by atoms with Crippen molar-refractivity contribution in [3.8, 4) is 5.75 Å². The Morgan fingerprint density at radius 2 is 2.00 bits per heavy atom. The molecule has 1 fully saturated rings. The van der Waals surface area contributed by atoms with E-state index in [1.807, 2.05) is 19.9 Å². The first-order valence-corrected chi connectivity index (χ1v) is 9.73. The average Bonchev–Trinajstić information content (AvgIpc) is 2.98. The van der Waals surface area contributed by atoms with Crippen molar-refractivity contribution in [1.82, 2.24) is 9.88 Å². The summed E-state index contributed by atoms with van der Waals surface area (Å²) in [4.78, 5) is 31.5. The van der Waals surface area contributed by atoms with Crippen LogP contribution in [0.1, 0.15) is 34.7 Å². The third-order valence-electron chi connectivity index (χ3n) is 5.17. The first kappa shape index (κ1) is 21.5. The summed E-state index contributed by atoms with van der Waals surface area (Å²) >= 11 is 0. The van der Waals surface area contributed by atoms with E-state index in [0.717, 1.165) is 11.1 Å². The minimum Gasteiger partial charge on any atom is -0.507 e. The zero-order valence-corrected chi connectivity index (χ0v) is 17.6. The Kier molecular flexibility index (Phi) is 6.52. The Hall–Kier alpha value is -3.19. The largest absolute Gasteiger partial charge is 0.507 e. The van der Waals surface area contributed by atoms with Crippen LogP contribution in [-0.2, 0) is 14.3 Å². The van der Waals surface area contributed by atoms with E-state index >= 15 is 0 Å². The van der Waals surface area contributed by atoms with Crippen molar-refractivity contribution in [2.24, 2.45) is 0 Å². The summed E-state index contributed by atoms with van der Waals surface area (Å²) in [6, 6.07) is 6.47. The monoisotopic (exact) mass is 410 g/mol. The lowest BCUT2D eigenvalue weighted by atomic mass is 9.94. The van der Waals surface area contributed by atoms with Gasteiger partial charge in [0.2, 0.25) is 0 Å². The number of aliphatic hydroxyl groups is 1. The van der Waals surface area contributed by atoms with Crippen molar-refractivity contribution in [1.29, 1.82) is 0 Å². The van der Waals surface area contributed by atoms with E-state index in [0.29, 0.717) is 36.4 Å². The van der Waals surface area contributed by atoms with E-state index in [9.17, 15) is 14.7 Å². The maximum Gasteiger partial charge on any atom is 0.295 e. The van der Waals surface area contributed by atoms with Gasteiger partial charge in [-0.05, 0) is 49.1 Å². The summed E-state index contributed by atoms with van der Waals surface area (Å²) in [5, 5.41) is 11.2. The Labute approximate surface area is 175 Å². The number of methoxy groups -OCH3 is 2. The predicted molar refractivity (Wildman–Crippen MR) is 112 cm³/mol. The Morgan fingerprint density at radius 3 is 2.63 bits per heavy atom. The molecule has 1 atom stereocenters. The minimum absolute atomic E-state index is 0.0358. The van der Waals surface area contributed by atoms with Crippen LogP contribution >= 0.6 is 0 Å². The SMILES string of the molecule is COCCCN1C(=O)C(=O)/C(=C(/O)c2cc(C)cc(C)c2OC)C1c1cccnc1. The number of ether oxygens (including phenoxy) is 2. The topological polar surface area (TPSA) is 89.0 Å². The number of benzene rings is 1. The number of likely N-dealkylation sites (tertiary alicyclic amines) is 1. The molecular formula is C23H26N2O5. The summed E-state index contributed by atoms with van der Waals surface area (Å²) in [6.45, 7) is 4.53. The van der Waals surface area contributed by atoms with Crippen molar-refractivity contribution >= 4 is 17.4 Å². The van der Waals surface area contributed by atoms with E-state index < -0.39 is 17.7 Å². The molecule has 0 bridgehead atoms. The van der Waals surface area contributed by atoms with Gasteiger partial charge in [-0.15, -0.1) is 0 Å². The molecule has 1 aliphatic rings. The third kappa shape index (κ3) is 3.93. The fraction of sp³-hybridized carbons (Fsp3) is 0.348. The van der Waals surface area contributed by atoms with Crippen LogP contribution in [0, 0.1) is 13.8 Å². The van der Waals surface area contributed by atoms with E-state index in [-0.39, 0.29) is 11.3 Å². The van der Waals surface area contributed by atoms with E-state index in [2.05, 4.69) is 4.98 Å². The zero-order valence-electron chi connectivity index (χ0n) is 17.6. The first-order valence-electron chi connectivity index (χ1n) is 9.73. The molecule has 1 aliphatic heterocycles. The average molecular weight is 410 g/mol. The maximum absolute atomic E-state index is 13.0. The van der Waals surface area contributed by atoms with Gasteiger partial charge in [0, 0.05) is 32.7 Å². The number of aliphatic hydroxyl groups excluding tert-OH is 1. The van der Waals surface area contributed by atoms with Gasteiger partial charge in [-0.1, -0.05) is 12.1 Å². The van der Waals surface area contributed by atoms with Gasteiger partial charge in [-0.2, -0.15) is 0 Å². The molecule has 1 unspecified atom stereocenters. The van der Waals surface area contributed by atoms with Gasteiger partial charge in [0.15, 0.2) is 0 Å². The number of rotatable bonds is 7. The minimum atomic E-state index is -0.735. The van der Waals surface area contributed by atoms with E-state index in [1.54, 1.807) is 37.7 Å². The molecule has 0 radical (unpaired) electrons. The first-order chi connectivity index (χ1) is 14.4. The molecule has 1 amide bonds. The van der Waals surface area contributed by atoms with Crippen LogP contribution in [0.2, 0.25) is 0 Å². The van der Waals surface area contributed by atoms with Crippen molar-refractivity contribution in [2.75, 3.05) is 27.4 Å². The second kappa shape index (κ2) is 9.09. The number of aromatic nitrogens is 1. The highest BCUT2D eigenvalue weighted by atomic mass is 16.5. The second-order valence-electron chi connectivity index (χ2n) is 7.29. The Bertz CT molecular complexity index is 985. The Balaban J connectivity index is 2.20. The molecule has 7 heteroatoms. The molecule has 158 valence electrons. The summed E-state index contributed by atoms with van der Waals surface area (Å²) in [5.41, 5.74) is 2.81. The summed E-state index contributed by atoms with van der Waals surface area (Å²) in [7, 11) is 3.09. The molecule has 0 aliphatic carbocycles. The number of amides is 1. The number of carbonyl (C=O) groups excluding carboxylic acids is 2. The lowest BCUT2D eigenvalue weighted by molar-refractivity contribution is -0.140. The Morgan fingerprint density at radius 1 is 1.23 bits per heavy atom. The molecule has 2 aromatic rings. The highest BCUT2D eigenvalue weighted by molar-refractivity contribution is 6.46. The van der Waals surface area contributed by atoms with Crippen LogP contribution in [0.4, 0.5) is 0 Å². The summed E-state index contributed by atoms with van der Waals surface area (Å²) in [5.74, 6) is -1.15. The smallest absolute Gasteiger partial charge is 0.295 e. The number of Topliss-reactive ketones (excluding diaryl/α,β-unsaturated/α-hetero) is 1. The zero-order chi connectivity index (χ0) is 21.8. The van der Waals surface area contributed by atoms with Gasteiger partial charge < -0.3 is 19.5 Å². The van der Waals surface area contributed by atoms with Crippen LogP contribution in [0.25, 0.3) is 5.76 Å². The van der Waals surface area contributed by atoms with Crippen LogP contribution in [0.5, 0.6) is 5.75 Å². The predicted octanol–water partition coefficient (Wildman–Crippen LogP) is 3.17. The molecule has 1 N–H and O–H groups in total. The standard InChI is InChI=1S/C23H26N2O5/c1-14-11-15(2)22(30-4)17(12-14)20(26)18-19(16-7-5-8-24-13-16)25(9-6-10-29-3)23(28)21(18)27/h5,7-8,11-13,19,26H,6,9-10H2,1-4H3/b20-18+. The number of aryl methyl sites for hydroxylation is 2. The van der Waals surface area contributed by atoms with Crippen molar-refractivity contribution in [3.63, 3.8) is 0 Å². The van der Waals surface area contributed by atoms with Crippen molar-refractivity contribution in [2.45, 2.75) is 26.3 Å². The molecule has 1 aromatic carbocycles. The van der Waals surface area contributed by atoms with Crippen LogP contribution in [0.3, 0.4) is 0 Å². The van der Waals surface area contributed by atoms with Gasteiger partial charge in [0.05, 0.1) is 24.3 Å². The van der Waals surface area contributed by atoms with Gasteiger partial charge in [-0.3, -0.25) is 14.6 Å². The molecular weight excluding hydrogens is 384 g/mol. The van der Waals surface area contributed by atoms with E-state index in [4.69, 9.17) is 9.47 Å². The number of hydrogen-bond acceptors (Lipinski definition) is 6. The van der Waals surface area contributed by atoms with Gasteiger partial charge in [-0.25, -0.2) is 0 Å². The fourth-order valence-electron chi connectivity index (χ4n) is 3.92. The highest BCUT2D eigenvalue weighted by Crippen LogP contribution is 2.41. The highest BCUT2D eigenvalue weighted by Gasteiger charge is 2.46. The fourth-order valence-corrected chi connectivity index (χ4v) is 3.92. The van der Waals surface area contributed by atoms with Gasteiger partial charge >= 0.3 is 0 Å². The number of carbonyl (C=O) groups is 2. The molecule has 7 nitrogen and oxygen atoms in total. The van der Waals surface area contributed by atoms with E-state index in [1.165, 1.54) is 12.0 Å². The molecule has 1 saturated heterocycles. The lowest BCUT2D eigenvalue weighted by Crippen LogP contribution is -2.31. The normalized spacial score (nSPS) is 18.1. The molecule has 0 spiro atoms. The summed E-state index contributed by atoms with van der Waals surface area (Å²) < 4.78 is 10.6. The molecule has 1 aromatic heterocycles. The lowest BCUT2D eigenvalue weighted by Gasteiger charge is -2.25. The van der Waals surface area contributed by atoms with Gasteiger partial charge in [0.25, 0.3) is 11.7 Å².